The molecule has 0 atom stereocenters. The predicted molar refractivity (Wildman–Crippen MR) is 56.0 cm³/mol. The Balaban J connectivity index is 0.000000364. The molecule has 14 heavy (non-hydrogen) atoms. The summed E-state index contributed by atoms with van der Waals surface area (Å²) in [6.45, 7) is 2.74. The molecular weight excluding hydrogens is 180 g/mol. The maximum Gasteiger partial charge on any atom is 0.300 e. The van der Waals surface area contributed by atoms with Crippen molar-refractivity contribution in [1.82, 2.24) is 0 Å². The zero-order valence-electron chi connectivity index (χ0n) is 8.27. The standard InChI is InChI=1S/C9H10O.C2H4O2/c1-8(10)7-9-5-3-2-4-6-9;1-2(3)4/h2-7,10H,1H3;1H3,(H,3,4). The van der Waals surface area contributed by atoms with Crippen LogP contribution in [-0.4, -0.2) is 16.2 Å². The van der Waals surface area contributed by atoms with E-state index in [-0.39, 0.29) is 0 Å². The van der Waals surface area contributed by atoms with Crippen molar-refractivity contribution in [2.24, 2.45) is 0 Å². The van der Waals surface area contributed by atoms with E-state index in [0.29, 0.717) is 5.76 Å². The molecular formula is C11H14O3. The molecule has 1 aromatic carbocycles. The fourth-order valence-electron chi connectivity index (χ4n) is 0.790. The highest BCUT2D eigenvalue weighted by atomic mass is 16.4. The van der Waals surface area contributed by atoms with Gasteiger partial charge < -0.3 is 10.2 Å². The molecule has 0 aliphatic carbocycles. The van der Waals surface area contributed by atoms with Crippen molar-refractivity contribution in [3.63, 3.8) is 0 Å². The van der Waals surface area contributed by atoms with Crippen molar-refractivity contribution < 1.29 is 15.0 Å². The Bertz CT molecular complexity index is 294. The van der Waals surface area contributed by atoms with Crippen molar-refractivity contribution in [2.45, 2.75) is 13.8 Å². The number of carbonyl (C=O) groups is 1. The first kappa shape index (κ1) is 12.2. The smallest absolute Gasteiger partial charge is 0.300 e. The number of hydrogen-bond acceptors (Lipinski definition) is 2. The number of rotatable bonds is 1. The molecule has 0 heterocycles. The van der Waals surface area contributed by atoms with Crippen molar-refractivity contribution in [2.75, 3.05) is 0 Å². The van der Waals surface area contributed by atoms with Gasteiger partial charge in [0.2, 0.25) is 0 Å². The third-order valence-electron chi connectivity index (χ3n) is 1.18. The van der Waals surface area contributed by atoms with Crippen LogP contribution in [0, 0.1) is 0 Å². The summed E-state index contributed by atoms with van der Waals surface area (Å²) in [5.41, 5.74) is 1.03. The van der Waals surface area contributed by atoms with Gasteiger partial charge in [0.05, 0.1) is 5.76 Å². The van der Waals surface area contributed by atoms with Gasteiger partial charge in [0.15, 0.2) is 0 Å². The van der Waals surface area contributed by atoms with Gasteiger partial charge in [0, 0.05) is 6.92 Å². The van der Waals surface area contributed by atoms with Crippen molar-refractivity contribution in [3.05, 3.63) is 41.7 Å². The number of carboxylic acid groups (broad SMARTS) is 1. The van der Waals surface area contributed by atoms with E-state index in [0.717, 1.165) is 12.5 Å². The van der Waals surface area contributed by atoms with E-state index in [2.05, 4.69) is 0 Å². The van der Waals surface area contributed by atoms with Gasteiger partial charge in [-0.2, -0.15) is 0 Å². The van der Waals surface area contributed by atoms with Gasteiger partial charge >= 0.3 is 0 Å². The van der Waals surface area contributed by atoms with E-state index in [1.165, 1.54) is 0 Å². The lowest BCUT2D eigenvalue weighted by molar-refractivity contribution is -0.134. The molecule has 0 amide bonds. The summed E-state index contributed by atoms with van der Waals surface area (Å²) in [7, 11) is 0. The molecule has 0 bridgehead atoms. The van der Waals surface area contributed by atoms with Crippen LogP contribution in [0.4, 0.5) is 0 Å². The summed E-state index contributed by atoms with van der Waals surface area (Å²) < 4.78 is 0. The third-order valence-corrected chi connectivity index (χ3v) is 1.18. The number of hydrogen-bond donors (Lipinski definition) is 2. The van der Waals surface area contributed by atoms with Crippen molar-refractivity contribution >= 4 is 12.0 Å². The Morgan fingerprint density at radius 2 is 1.57 bits per heavy atom. The van der Waals surface area contributed by atoms with Crippen LogP contribution in [-0.2, 0) is 4.79 Å². The van der Waals surface area contributed by atoms with Crippen LogP contribution in [0.2, 0.25) is 0 Å². The minimum atomic E-state index is -0.833. The van der Waals surface area contributed by atoms with Gasteiger partial charge in [-0.05, 0) is 18.6 Å². The van der Waals surface area contributed by atoms with Crippen molar-refractivity contribution in [3.8, 4) is 0 Å². The molecule has 3 heteroatoms. The molecule has 0 aliphatic heterocycles. The van der Waals surface area contributed by atoms with Crippen LogP contribution >= 0.6 is 0 Å². The Labute approximate surface area is 83.3 Å². The number of allylic oxidation sites excluding steroid dienone is 1. The number of aliphatic carboxylic acids is 1. The van der Waals surface area contributed by atoms with Gasteiger partial charge in [-0.25, -0.2) is 0 Å². The minimum Gasteiger partial charge on any atom is -0.513 e. The van der Waals surface area contributed by atoms with Crippen LogP contribution in [0.1, 0.15) is 19.4 Å². The van der Waals surface area contributed by atoms with Gasteiger partial charge in [0.1, 0.15) is 0 Å². The second kappa shape index (κ2) is 6.71. The van der Waals surface area contributed by atoms with E-state index >= 15 is 0 Å². The average Bonchev–Trinajstić information content (AvgIpc) is 2.03. The number of carboxylic acids is 1. The van der Waals surface area contributed by atoms with Gasteiger partial charge in [-0.3, -0.25) is 4.79 Å². The molecule has 3 nitrogen and oxygen atoms in total. The summed E-state index contributed by atoms with van der Waals surface area (Å²) in [5, 5.41) is 16.3. The summed E-state index contributed by atoms with van der Waals surface area (Å²) in [6.07, 6.45) is 1.72. The average molecular weight is 194 g/mol. The summed E-state index contributed by atoms with van der Waals surface area (Å²) in [5.74, 6) is -0.494. The van der Waals surface area contributed by atoms with E-state index in [1.807, 2.05) is 30.3 Å². The van der Waals surface area contributed by atoms with Crippen LogP contribution in [0.5, 0.6) is 0 Å². The zero-order chi connectivity index (χ0) is 11.0. The molecule has 0 aliphatic rings. The van der Waals surface area contributed by atoms with Crippen LogP contribution < -0.4 is 0 Å². The molecule has 2 N–H and O–H groups in total. The molecule has 1 rings (SSSR count). The highest BCUT2D eigenvalue weighted by Gasteiger charge is 1.83. The normalized spacial score (nSPS) is 10.0. The number of aliphatic hydroxyl groups excluding tert-OH is 1. The molecule has 1 aromatic rings. The zero-order valence-corrected chi connectivity index (χ0v) is 8.27. The number of aliphatic hydroxyl groups is 1. The SMILES string of the molecule is CC(=O)O.CC(O)=Cc1ccccc1. The second-order valence-corrected chi connectivity index (χ2v) is 2.72. The fraction of sp³-hybridized carbons (Fsp3) is 0.182. The monoisotopic (exact) mass is 194 g/mol. The van der Waals surface area contributed by atoms with E-state index in [9.17, 15) is 0 Å². The Kier molecular flexibility index (Phi) is 5.87. The highest BCUT2D eigenvalue weighted by Crippen LogP contribution is 2.02. The Morgan fingerprint density at radius 3 is 1.93 bits per heavy atom. The maximum absolute atomic E-state index is 9.00. The molecule has 76 valence electrons. The molecule has 0 unspecified atom stereocenters. The van der Waals surface area contributed by atoms with E-state index in [4.69, 9.17) is 15.0 Å². The maximum atomic E-state index is 9.00. The van der Waals surface area contributed by atoms with Gasteiger partial charge in [-0.1, -0.05) is 30.3 Å². The molecule has 0 fully saturated rings. The molecule has 0 radical (unpaired) electrons. The first-order valence-electron chi connectivity index (χ1n) is 4.14. The Morgan fingerprint density at radius 1 is 1.14 bits per heavy atom. The fourth-order valence-corrected chi connectivity index (χ4v) is 0.790. The summed E-state index contributed by atoms with van der Waals surface area (Å²) in [6, 6.07) is 9.72. The van der Waals surface area contributed by atoms with E-state index < -0.39 is 5.97 Å². The molecule has 0 saturated heterocycles. The lowest BCUT2D eigenvalue weighted by Gasteiger charge is -1.90. The molecule has 0 spiro atoms. The highest BCUT2D eigenvalue weighted by molar-refractivity contribution is 5.62. The minimum absolute atomic E-state index is 0.339. The van der Waals surface area contributed by atoms with Gasteiger partial charge in [0.25, 0.3) is 5.97 Å². The number of benzene rings is 1. The first-order valence-corrected chi connectivity index (χ1v) is 4.14. The predicted octanol–water partition coefficient (Wildman–Crippen LogP) is 2.70. The molecule has 0 aromatic heterocycles. The second-order valence-electron chi connectivity index (χ2n) is 2.72. The quantitative estimate of drug-likeness (QED) is 0.676. The largest absolute Gasteiger partial charge is 0.513 e. The first-order chi connectivity index (χ1) is 6.52. The molecule has 0 saturated carbocycles. The Hall–Kier alpha value is -1.77. The summed E-state index contributed by atoms with van der Waals surface area (Å²) >= 11 is 0. The van der Waals surface area contributed by atoms with Crippen LogP contribution in [0.3, 0.4) is 0 Å². The lowest BCUT2D eigenvalue weighted by atomic mass is 10.2. The topological polar surface area (TPSA) is 57.5 Å². The van der Waals surface area contributed by atoms with Gasteiger partial charge in [-0.15, -0.1) is 0 Å². The van der Waals surface area contributed by atoms with E-state index in [1.54, 1.807) is 13.0 Å². The van der Waals surface area contributed by atoms with Crippen LogP contribution in [0.15, 0.2) is 36.1 Å². The lowest BCUT2D eigenvalue weighted by Crippen LogP contribution is -1.78. The van der Waals surface area contributed by atoms with Crippen LogP contribution in [0.25, 0.3) is 6.08 Å². The van der Waals surface area contributed by atoms with Crippen molar-refractivity contribution in [1.29, 1.82) is 0 Å². The summed E-state index contributed by atoms with van der Waals surface area (Å²) in [4.78, 5) is 9.00. The third kappa shape index (κ3) is 8.33.